The summed E-state index contributed by atoms with van der Waals surface area (Å²) in [6.07, 6.45) is 18.2. The van der Waals surface area contributed by atoms with Crippen LogP contribution in [0.2, 0.25) is 10.0 Å². The summed E-state index contributed by atoms with van der Waals surface area (Å²) < 4.78 is 68.8. The zero-order valence-electron chi connectivity index (χ0n) is 41.1. The third-order valence-electron chi connectivity index (χ3n) is 17.1. The molecular weight excluding hydrogens is 1010 g/mol. The maximum Gasteiger partial charge on any atom is 0.278 e. The van der Waals surface area contributed by atoms with Gasteiger partial charge in [-0.15, -0.1) is 11.7 Å². The molecule has 1 N–H and O–H groups in total. The summed E-state index contributed by atoms with van der Waals surface area (Å²) in [6.45, 7) is 11.6. The second-order valence-corrected chi connectivity index (χ2v) is 23.5. The number of alkyl halides is 1. The fraction of sp³-hybridized carbons (Fsp3) is 0.600. The van der Waals surface area contributed by atoms with Crippen molar-refractivity contribution in [1.29, 1.82) is 0 Å². The number of aliphatic hydroxyl groups excluding tert-OH is 1. The van der Waals surface area contributed by atoms with Gasteiger partial charge in [0.05, 0.1) is 125 Å². The van der Waals surface area contributed by atoms with E-state index in [0.717, 1.165) is 119 Å². The molecular formula is C50H63Cl2F4N13O3S. The SMILES string of the molecule is CCN(CC)S(F)(F)F.F[C@@H]1COC[C@H]1N1CCN(c2cc3c(cnn3-c3cnn(C45CC(C4)C5)c3)cc2Cl)CC1.O[C@H]1COC[C@H]1N1CCN(c2cc3c(cnn3-c3cnn(C45CC(C4)C5)c3)cc2Cl)CC1. The van der Waals surface area contributed by atoms with Crippen LogP contribution in [0.3, 0.4) is 0 Å². The predicted octanol–water partition coefficient (Wildman–Crippen LogP) is 8.21. The Bertz CT molecular complexity index is 2730. The zero-order valence-corrected chi connectivity index (χ0v) is 43.5. The number of piperazine rings is 2. The largest absolute Gasteiger partial charge is 0.389 e. The van der Waals surface area contributed by atoms with Gasteiger partial charge in [0.1, 0.15) is 17.5 Å². The molecule has 4 aromatic heterocycles. The third kappa shape index (κ3) is 9.08. The molecule has 394 valence electrons. The monoisotopic (exact) mass is 1070 g/mol. The number of hydrogen-bond acceptors (Lipinski definition) is 12. The van der Waals surface area contributed by atoms with Gasteiger partial charge in [-0.1, -0.05) is 37.0 Å². The number of nitrogens with zero attached hydrogens (tertiary/aromatic N) is 13. The summed E-state index contributed by atoms with van der Waals surface area (Å²) in [4.78, 5) is 9.18. The lowest BCUT2D eigenvalue weighted by atomic mass is 9.50. The van der Waals surface area contributed by atoms with Gasteiger partial charge in [-0.2, -0.15) is 24.7 Å². The molecule has 4 atom stereocenters. The first-order chi connectivity index (χ1) is 35.2. The second-order valence-electron chi connectivity index (χ2n) is 21.4. The van der Waals surface area contributed by atoms with Crippen molar-refractivity contribution in [3.63, 3.8) is 0 Å². The van der Waals surface area contributed by atoms with Crippen molar-refractivity contribution in [2.24, 2.45) is 11.8 Å². The molecule has 0 amide bonds. The van der Waals surface area contributed by atoms with Gasteiger partial charge < -0.3 is 24.4 Å². The van der Waals surface area contributed by atoms with Crippen LogP contribution in [-0.4, -0.2) is 175 Å². The molecule has 6 aliphatic carbocycles. The van der Waals surface area contributed by atoms with E-state index in [2.05, 4.69) is 73.9 Å². The van der Waals surface area contributed by atoms with Gasteiger partial charge in [-0.3, -0.25) is 19.2 Å². The van der Waals surface area contributed by atoms with E-state index in [4.69, 9.17) is 32.7 Å². The van der Waals surface area contributed by atoms with Crippen LogP contribution in [0.4, 0.5) is 27.4 Å². The van der Waals surface area contributed by atoms with Gasteiger partial charge in [0.25, 0.3) is 11.4 Å². The molecule has 4 bridgehead atoms. The number of rotatable bonds is 11. The van der Waals surface area contributed by atoms with Gasteiger partial charge in [0, 0.05) is 76.2 Å². The van der Waals surface area contributed by atoms with Crippen molar-refractivity contribution in [2.45, 2.75) is 87.8 Å². The minimum Gasteiger partial charge on any atom is -0.389 e. The minimum atomic E-state index is -4.93. The van der Waals surface area contributed by atoms with Crippen molar-refractivity contribution in [1.82, 2.24) is 53.2 Å². The summed E-state index contributed by atoms with van der Waals surface area (Å²) in [6, 6.07) is 8.29. The van der Waals surface area contributed by atoms with Crippen molar-refractivity contribution in [3.05, 3.63) is 71.5 Å². The molecule has 0 radical (unpaired) electrons. The first-order valence-corrected chi connectivity index (χ1v) is 27.8. The molecule has 16 nitrogen and oxygen atoms in total. The number of aromatic nitrogens is 8. The fourth-order valence-corrected chi connectivity index (χ4v) is 13.8. The van der Waals surface area contributed by atoms with Crippen LogP contribution < -0.4 is 9.80 Å². The highest BCUT2D eigenvalue weighted by Crippen LogP contribution is 2.63. The molecule has 4 aliphatic heterocycles. The van der Waals surface area contributed by atoms with E-state index in [1.54, 1.807) is 0 Å². The second kappa shape index (κ2) is 19.4. The number of benzene rings is 2. The highest BCUT2D eigenvalue weighted by atomic mass is 35.5. The van der Waals surface area contributed by atoms with Crippen molar-refractivity contribution < 1.29 is 30.6 Å². The van der Waals surface area contributed by atoms with E-state index in [1.165, 1.54) is 52.4 Å². The molecule has 0 spiro atoms. The Morgan fingerprint density at radius 3 is 1.41 bits per heavy atom. The van der Waals surface area contributed by atoms with Crippen LogP contribution in [0, 0.1) is 11.8 Å². The normalized spacial score (nSPS) is 30.1. The van der Waals surface area contributed by atoms with Crippen LogP contribution in [0.15, 0.2) is 61.4 Å². The summed E-state index contributed by atoms with van der Waals surface area (Å²) in [5.41, 5.74) is 6.64. The molecule has 0 unspecified atom stereocenters. The van der Waals surface area contributed by atoms with E-state index in [1.807, 2.05) is 46.3 Å². The van der Waals surface area contributed by atoms with Crippen LogP contribution >= 0.6 is 34.6 Å². The summed E-state index contributed by atoms with van der Waals surface area (Å²) in [5.74, 6) is 1.83. The Labute approximate surface area is 433 Å². The van der Waals surface area contributed by atoms with Gasteiger partial charge in [-0.05, 0) is 74.6 Å². The Morgan fingerprint density at radius 1 is 0.616 bits per heavy atom. The quantitative estimate of drug-likeness (QED) is 0.126. The van der Waals surface area contributed by atoms with Crippen LogP contribution in [-0.2, 0) is 20.6 Å². The molecule has 10 aliphatic rings. The number of fused-ring (bicyclic) bond motifs is 2. The Morgan fingerprint density at radius 2 is 1.05 bits per heavy atom. The first kappa shape index (κ1) is 49.7. The van der Waals surface area contributed by atoms with E-state index in [9.17, 15) is 21.2 Å². The van der Waals surface area contributed by atoms with Crippen LogP contribution in [0.25, 0.3) is 33.2 Å². The highest BCUT2D eigenvalue weighted by Gasteiger charge is 2.59. The molecule has 6 aromatic rings. The molecule has 2 aromatic carbocycles. The van der Waals surface area contributed by atoms with Gasteiger partial charge in [0.15, 0.2) is 0 Å². The van der Waals surface area contributed by atoms with Crippen molar-refractivity contribution in [2.75, 3.05) is 102 Å². The fourth-order valence-electron chi connectivity index (χ4n) is 12.6. The van der Waals surface area contributed by atoms with E-state index >= 15 is 0 Å². The lowest BCUT2D eigenvalue weighted by Gasteiger charge is -2.61. The van der Waals surface area contributed by atoms with Crippen LogP contribution in [0.5, 0.6) is 0 Å². The highest BCUT2D eigenvalue weighted by molar-refractivity contribution is 8.18. The zero-order chi connectivity index (χ0) is 50.4. The maximum atomic E-state index is 14.1. The standard InChI is InChI=1S/C23H26ClFN6O.C23H27ClN6O2.C4H10F3NS/c24-18-5-16-10-27-31(17-11-26-30(12-17)23-7-15(8-23)9-23)20(16)6-21(18)28-1-3-29(4-2-28)22-14-32-13-19(22)25;24-18-5-16-10-26-30(17-11-25-29(12-17)23-7-15(8-23)9-23)19(16)6-20(18)27-1-3-28(4-2-27)21-13-32-14-22(21)31;1-3-8(4-2)9(5,6)7/h5-6,10-12,15,19,22H,1-4,7-9,13-14H2;5-6,10-12,15,21-22,31H,1-4,7-9,13-14H2;3-4H2,1-2H3/t15?,19-,22-,23?;15?,21-,22+,23?;/m11./s1. The minimum absolute atomic E-state index is 0.0648. The number of hydrogen-bond donors (Lipinski definition) is 1. The van der Waals surface area contributed by atoms with Crippen molar-refractivity contribution in [3.8, 4) is 11.4 Å². The molecule has 16 rings (SSSR count). The van der Waals surface area contributed by atoms with Crippen molar-refractivity contribution >= 4 is 67.8 Å². The average molecular weight is 1070 g/mol. The Hall–Kier alpha value is -4.19. The van der Waals surface area contributed by atoms with E-state index in [0.29, 0.717) is 24.1 Å². The Kier molecular flexibility index (Phi) is 13.2. The lowest BCUT2D eigenvalue weighted by molar-refractivity contribution is -0.0978. The smallest absolute Gasteiger partial charge is 0.278 e. The number of halogens is 6. The average Bonchev–Trinajstić information content (AvgIpc) is 4.19. The maximum absolute atomic E-state index is 14.1. The summed E-state index contributed by atoms with van der Waals surface area (Å²) >= 11 is 8.46. The number of ether oxygens (including phenoxy) is 2. The summed E-state index contributed by atoms with van der Waals surface area (Å²) in [7, 11) is 0. The first-order valence-electron chi connectivity index (χ1n) is 25.8. The van der Waals surface area contributed by atoms with Crippen LogP contribution in [0.1, 0.15) is 52.4 Å². The third-order valence-corrected chi connectivity index (χ3v) is 18.8. The van der Waals surface area contributed by atoms with E-state index in [-0.39, 0.29) is 49.0 Å². The molecule has 23 heteroatoms. The Balaban J connectivity index is 0.000000128. The van der Waals surface area contributed by atoms with Gasteiger partial charge in [-0.25, -0.2) is 13.8 Å². The van der Waals surface area contributed by atoms with E-state index < -0.39 is 17.5 Å². The predicted molar refractivity (Wildman–Crippen MR) is 276 cm³/mol. The molecule has 4 saturated heterocycles. The van der Waals surface area contributed by atoms with Gasteiger partial charge >= 0.3 is 0 Å². The van der Waals surface area contributed by atoms with Gasteiger partial charge in [0.2, 0.25) is 0 Å². The topological polar surface area (TPSA) is 126 Å². The number of aliphatic hydroxyl groups is 1. The number of anilines is 2. The lowest BCUT2D eigenvalue weighted by Crippen LogP contribution is -2.59. The molecule has 6 saturated carbocycles. The summed E-state index contributed by atoms with van der Waals surface area (Å²) in [5, 5.41) is 32.3. The molecule has 8 heterocycles. The molecule has 10 fully saturated rings. The molecule has 73 heavy (non-hydrogen) atoms.